The van der Waals surface area contributed by atoms with E-state index in [2.05, 4.69) is 4.98 Å². The molecular weight excluding hydrogens is 294 g/mol. The standard InChI is InChI=1S/C13H19N3O4S/c1-9-7-16(8-11(9)13(17)18)21(19,20)10-4-5-12(14-6-10)15(2)3/h4-6,9,11H,7-8H2,1-3H3,(H,17,18)/t9-,11-/m1/s1. The van der Waals surface area contributed by atoms with E-state index in [-0.39, 0.29) is 23.9 Å². The Morgan fingerprint density at radius 2 is 2.05 bits per heavy atom. The largest absolute Gasteiger partial charge is 0.481 e. The van der Waals surface area contributed by atoms with Crippen molar-refractivity contribution in [3.05, 3.63) is 18.3 Å². The molecule has 0 bridgehead atoms. The lowest BCUT2D eigenvalue weighted by atomic mass is 9.99. The molecule has 1 aromatic heterocycles. The normalized spacial score (nSPS) is 23.2. The average Bonchev–Trinajstić information content (AvgIpc) is 2.82. The van der Waals surface area contributed by atoms with Crippen LogP contribution < -0.4 is 4.90 Å². The van der Waals surface area contributed by atoms with Gasteiger partial charge in [0.15, 0.2) is 0 Å². The SMILES string of the molecule is C[C@@H]1CN(S(=O)(=O)c2ccc(N(C)C)nc2)C[C@H]1C(=O)O. The van der Waals surface area contributed by atoms with Crippen molar-refractivity contribution >= 4 is 21.8 Å². The second-order valence-corrected chi connectivity index (χ2v) is 7.43. The van der Waals surface area contributed by atoms with E-state index >= 15 is 0 Å². The van der Waals surface area contributed by atoms with Crippen LogP contribution in [0.4, 0.5) is 5.82 Å². The third-order valence-electron chi connectivity index (χ3n) is 3.71. The lowest BCUT2D eigenvalue weighted by molar-refractivity contribution is -0.142. The van der Waals surface area contributed by atoms with Gasteiger partial charge in [-0.25, -0.2) is 13.4 Å². The first-order valence-electron chi connectivity index (χ1n) is 6.60. The van der Waals surface area contributed by atoms with E-state index in [1.807, 2.05) is 14.1 Å². The minimum atomic E-state index is -3.69. The number of carboxylic acid groups (broad SMARTS) is 1. The monoisotopic (exact) mass is 313 g/mol. The molecule has 2 rings (SSSR count). The summed E-state index contributed by atoms with van der Waals surface area (Å²) >= 11 is 0. The Kier molecular flexibility index (Phi) is 4.20. The summed E-state index contributed by atoms with van der Waals surface area (Å²) in [5.41, 5.74) is 0. The Morgan fingerprint density at radius 1 is 1.38 bits per heavy atom. The van der Waals surface area contributed by atoms with E-state index in [4.69, 9.17) is 5.11 Å². The zero-order valence-electron chi connectivity index (χ0n) is 12.2. The predicted molar refractivity (Wildman–Crippen MR) is 77.6 cm³/mol. The zero-order chi connectivity index (χ0) is 15.8. The predicted octanol–water partition coefficient (Wildman–Crippen LogP) is 0.489. The quantitative estimate of drug-likeness (QED) is 0.870. The minimum Gasteiger partial charge on any atom is -0.481 e. The third-order valence-corrected chi connectivity index (χ3v) is 5.53. The Labute approximate surface area is 124 Å². The fourth-order valence-corrected chi connectivity index (χ4v) is 3.89. The van der Waals surface area contributed by atoms with Gasteiger partial charge in [-0.3, -0.25) is 4.79 Å². The van der Waals surface area contributed by atoms with Crippen molar-refractivity contribution in [2.75, 3.05) is 32.1 Å². The molecule has 1 aliphatic heterocycles. The van der Waals surface area contributed by atoms with Crippen LogP contribution in [0, 0.1) is 11.8 Å². The van der Waals surface area contributed by atoms with Gasteiger partial charge in [0, 0.05) is 33.4 Å². The summed E-state index contributed by atoms with van der Waals surface area (Å²) in [5.74, 6) is -1.16. The molecule has 7 nitrogen and oxygen atoms in total. The van der Waals surface area contributed by atoms with Crippen molar-refractivity contribution in [1.29, 1.82) is 0 Å². The molecule has 0 amide bonds. The first-order valence-corrected chi connectivity index (χ1v) is 8.04. The van der Waals surface area contributed by atoms with Gasteiger partial charge >= 0.3 is 5.97 Å². The van der Waals surface area contributed by atoms with Gasteiger partial charge in [0.1, 0.15) is 10.7 Å². The first-order chi connectivity index (χ1) is 9.73. The Balaban J connectivity index is 2.25. The molecule has 0 aliphatic carbocycles. The summed E-state index contributed by atoms with van der Waals surface area (Å²) in [7, 11) is -0.0604. The van der Waals surface area contributed by atoms with Gasteiger partial charge in [0.05, 0.1) is 5.92 Å². The minimum absolute atomic E-state index is 0.00820. The molecular formula is C13H19N3O4S. The Hall–Kier alpha value is -1.67. The maximum Gasteiger partial charge on any atom is 0.308 e. The topological polar surface area (TPSA) is 90.8 Å². The van der Waals surface area contributed by atoms with Gasteiger partial charge in [-0.05, 0) is 18.1 Å². The number of carboxylic acids is 1. The number of carbonyl (C=O) groups is 1. The smallest absolute Gasteiger partial charge is 0.308 e. The molecule has 116 valence electrons. The summed E-state index contributed by atoms with van der Waals surface area (Å²) in [4.78, 5) is 17.1. The molecule has 0 saturated carbocycles. The van der Waals surface area contributed by atoms with Crippen LogP contribution in [0.3, 0.4) is 0 Å². The molecule has 1 N–H and O–H groups in total. The first kappa shape index (κ1) is 15.7. The summed E-state index contributed by atoms with van der Waals surface area (Å²) in [6.07, 6.45) is 1.31. The molecule has 1 fully saturated rings. The molecule has 1 saturated heterocycles. The lowest BCUT2D eigenvalue weighted by Crippen LogP contribution is -2.30. The van der Waals surface area contributed by atoms with Crippen LogP contribution in [0.25, 0.3) is 0 Å². The van der Waals surface area contributed by atoms with E-state index in [1.165, 1.54) is 16.6 Å². The molecule has 1 aliphatic rings. The maximum atomic E-state index is 12.5. The van der Waals surface area contributed by atoms with Gasteiger partial charge in [0.25, 0.3) is 0 Å². The van der Waals surface area contributed by atoms with Crippen LogP contribution in [0.1, 0.15) is 6.92 Å². The van der Waals surface area contributed by atoms with Crippen LogP contribution in [-0.4, -0.2) is 56.0 Å². The van der Waals surface area contributed by atoms with Crippen molar-refractivity contribution in [1.82, 2.24) is 9.29 Å². The number of hydrogen-bond donors (Lipinski definition) is 1. The van der Waals surface area contributed by atoms with Crippen LogP contribution in [-0.2, 0) is 14.8 Å². The van der Waals surface area contributed by atoms with Crippen molar-refractivity contribution in [3.8, 4) is 0 Å². The summed E-state index contributed by atoms with van der Waals surface area (Å²) in [6, 6.07) is 3.12. The molecule has 2 heterocycles. The number of aromatic nitrogens is 1. The number of anilines is 1. The maximum absolute atomic E-state index is 12.5. The molecule has 0 aromatic carbocycles. The van der Waals surface area contributed by atoms with Crippen molar-refractivity contribution in [2.45, 2.75) is 11.8 Å². The molecule has 0 spiro atoms. The van der Waals surface area contributed by atoms with Gasteiger partial charge in [0.2, 0.25) is 10.0 Å². The summed E-state index contributed by atoms with van der Waals surface area (Å²) in [5, 5.41) is 9.10. The molecule has 1 aromatic rings. The zero-order valence-corrected chi connectivity index (χ0v) is 13.0. The third kappa shape index (κ3) is 3.01. The van der Waals surface area contributed by atoms with Gasteiger partial charge in [-0.1, -0.05) is 6.92 Å². The average molecular weight is 313 g/mol. The Bertz CT molecular complexity index is 627. The van der Waals surface area contributed by atoms with E-state index < -0.39 is 21.9 Å². The Morgan fingerprint density at radius 3 is 2.48 bits per heavy atom. The van der Waals surface area contributed by atoms with E-state index in [0.717, 1.165) is 0 Å². The molecule has 0 radical (unpaired) electrons. The summed E-state index contributed by atoms with van der Waals surface area (Å²) < 4.78 is 26.2. The lowest BCUT2D eigenvalue weighted by Gasteiger charge is -2.17. The molecule has 8 heteroatoms. The van der Waals surface area contributed by atoms with E-state index in [9.17, 15) is 13.2 Å². The number of aliphatic carboxylic acids is 1. The van der Waals surface area contributed by atoms with E-state index in [0.29, 0.717) is 5.82 Å². The molecule has 0 unspecified atom stereocenters. The highest BCUT2D eigenvalue weighted by atomic mass is 32.2. The second kappa shape index (κ2) is 5.61. The number of rotatable bonds is 4. The van der Waals surface area contributed by atoms with Crippen molar-refractivity contribution in [2.24, 2.45) is 11.8 Å². The van der Waals surface area contributed by atoms with Crippen LogP contribution >= 0.6 is 0 Å². The van der Waals surface area contributed by atoms with Crippen molar-refractivity contribution < 1.29 is 18.3 Å². The summed E-state index contributed by atoms with van der Waals surface area (Å²) in [6.45, 7) is 1.98. The van der Waals surface area contributed by atoms with Crippen LogP contribution in [0.5, 0.6) is 0 Å². The molecule has 21 heavy (non-hydrogen) atoms. The van der Waals surface area contributed by atoms with Gasteiger partial charge < -0.3 is 10.0 Å². The number of pyridine rings is 1. The van der Waals surface area contributed by atoms with Gasteiger partial charge in [-0.15, -0.1) is 0 Å². The second-order valence-electron chi connectivity index (χ2n) is 5.49. The van der Waals surface area contributed by atoms with Crippen molar-refractivity contribution in [3.63, 3.8) is 0 Å². The highest BCUT2D eigenvalue weighted by molar-refractivity contribution is 7.89. The van der Waals surface area contributed by atoms with E-state index in [1.54, 1.807) is 17.9 Å². The highest BCUT2D eigenvalue weighted by Crippen LogP contribution is 2.28. The number of nitrogens with zero attached hydrogens (tertiary/aromatic N) is 3. The van der Waals surface area contributed by atoms with Crippen LogP contribution in [0.2, 0.25) is 0 Å². The van der Waals surface area contributed by atoms with Crippen LogP contribution in [0.15, 0.2) is 23.2 Å². The number of hydrogen-bond acceptors (Lipinski definition) is 5. The highest BCUT2D eigenvalue weighted by Gasteiger charge is 2.40. The molecule has 2 atom stereocenters. The fourth-order valence-electron chi connectivity index (χ4n) is 2.38. The number of sulfonamides is 1. The fraction of sp³-hybridized carbons (Fsp3) is 0.538. The van der Waals surface area contributed by atoms with Gasteiger partial charge in [-0.2, -0.15) is 4.31 Å².